The minimum atomic E-state index is -1.26. The van der Waals surface area contributed by atoms with E-state index < -0.39 is 5.67 Å². The van der Waals surface area contributed by atoms with Crippen LogP contribution in [0.25, 0.3) is 0 Å². The summed E-state index contributed by atoms with van der Waals surface area (Å²) >= 11 is 8.84. The van der Waals surface area contributed by atoms with Crippen LogP contribution in [-0.4, -0.2) is 9.97 Å². The van der Waals surface area contributed by atoms with Crippen LogP contribution in [-0.2, 0) is 5.67 Å². The molecule has 1 aliphatic rings. The van der Waals surface area contributed by atoms with Crippen molar-refractivity contribution in [1.29, 1.82) is 0 Å². The second kappa shape index (κ2) is 2.64. The Kier molecular flexibility index (Phi) is 1.84. The summed E-state index contributed by atoms with van der Waals surface area (Å²) in [6, 6.07) is 0. The summed E-state index contributed by atoms with van der Waals surface area (Å²) in [6.07, 6.45) is 2.33. The second-order valence-electron chi connectivity index (χ2n) is 2.79. The van der Waals surface area contributed by atoms with E-state index in [-0.39, 0.29) is 5.15 Å². The molecule has 0 bridgehead atoms. The standard InChI is InChI=1S/C7H5BrClFN2/c8-4-5(7(10)1-2-7)11-3-12-6(4)9/h3H,1-2H2. The number of alkyl halides is 1. The first kappa shape index (κ1) is 8.38. The van der Waals surface area contributed by atoms with Gasteiger partial charge in [0.2, 0.25) is 0 Å². The fourth-order valence-electron chi connectivity index (χ4n) is 1.01. The lowest BCUT2D eigenvalue weighted by Gasteiger charge is -2.06. The van der Waals surface area contributed by atoms with Gasteiger partial charge in [0.1, 0.15) is 11.5 Å². The molecule has 0 radical (unpaired) electrons. The summed E-state index contributed by atoms with van der Waals surface area (Å²) in [5, 5.41) is 0.268. The smallest absolute Gasteiger partial charge is 0.154 e. The third-order valence-corrected chi connectivity index (χ3v) is 3.13. The molecular weight excluding hydrogens is 246 g/mol. The molecule has 1 fully saturated rings. The number of nitrogens with zero attached hydrogens (tertiary/aromatic N) is 2. The van der Waals surface area contributed by atoms with Gasteiger partial charge in [-0.15, -0.1) is 0 Å². The van der Waals surface area contributed by atoms with Crippen molar-refractivity contribution in [2.45, 2.75) is 18.5 Å². The van der Waals surface area contributed by atoms with Crippen molar-refractivity contribution in [3.8, 4) is 0 Å². The van der Waals surface area contributed by atoms with Crippen LogP contribution in [0.1, 0.15) is 18.5 Å². The van der Waals surface area contributed by atoms with Crippen LogP contribution in [0, 0.1) is 0 Å². The summed E-state index contributed by atoms with van der Waals surface area (Å²) in [5.41, 5.74) is -0.881. The number of hydrogen-bond acceptors (Lipinski definition) is 2. The average Bonchev–Trinajstić information content (AvgIpc) is 2.75. The van der Waals surface area contributed by atoms with Crippen molar-refractivity contribution in [1.82, 2.24) is 9.97 Å². The van der Waals surface area contributed by atoms with Gasteiger partial charge in [-0.2, -0.15) is 0 Å². The van der Waals surface area contributed by atoms with Crippen LogP contribution in [0.2, 0.25) is 5.15 Å². The molecule has 1 aromatic heterocycles. The van der Waals surface area contributed by atoms with Gasteiger partial charge in [0.15, 0.2) is 5.67 Å². The Morgan fingerprint density at radius 2 is 2.17 bits per heavy atom. The maximum atomic E-state index is 13.5. The zero-order valence-electron chi connectivity index (χ0n) is 6.02. The molecule has 2 nitrogen and oxygen atoms in total. The maximum absolute atomic E-state index is 13.5. The Balaban J connectivity index is 2.51. The van der Waals surface area contributed by atoms with Gasteiger partial charge in [0.05, 0.1) is 10.2 Å². The SMILES string of the molecule is FC1(c2ncnc(Cl)c2Br)CC1. The molecule has 0 unspecified atom stereocenters. The number of hydrogen-bond donors (Lipinski definition) is 0. The monoisotopic (exact) mass is 250 g/mol. The third kappa shape index (κ3) is 1.23. The number of rotatable bonds is 1. The van der Waals surface area contributed by atoms with E-state index in [1.807, 2.05) is 0 Å². The normalized spacial score (nSPS) is 19.2. The summed E-state index contributed by atoms with van der Waals surface area (Å²) < 4.78 is 14.0. The Labute approximate surface area is 82.3 Å². The minimum absolute atomic E-state index is 0.268. The molecular formula is C7H5BrClFN2. The first-order valence-corrected chi connectivity index (χ1v) is 4.66. The van der Waals surface area contributed by atoms with Crippen LogP contribution in [0.3, 0.4) is 0 Å². The second-order valence-corrected chi connectivity index (χ2v) is 3.94. The van der Waals surface area contributed by atoms with Crippen molar-refractivity contribution in [2.75, 3.05) is 0 Å². The van der Waals surface area contributed by atoms with Gasteiger partial charge in [-0.05, 0) is 28.8 Å². The number of halogens is 3. The molecule has 2 rings (SSSR count). The van der Waals surface area contributed by atoms with Gasteiger partial charge >= 0.3 is 0 Å². The molecule has 0 saturated heterocycles. The zero-order chi connectivity index (χ0) is 8.77. The Bertz CT molecular complexity index is 327. The molecule has 0 aromatic carbocycles. The fourth-order valence-corrected chi connectivity index (χ4v) is 1.70. The molecule has 0 spiro atoms. The van der Waals surface area contributed by atoms with Crippen molar-refractivity contribution in [3.05, 3.63) is 21.6 Å². The first-order valence-electron chi connectivity index (χ1n) is 3.49. The van der Waals surface area contributed by atoms with E-state index in [1.54, 1.807) is 0 Å². The molecule has 0 atom stereocenters. The van der Waals surface area contributed by atoms with E-state index >= 15 is 0 Å². The van der Waals surface area contributed by atoms with Crippen LogP contribution in [0.4, 0.5) is 4.39 Å². The zero-order valence-corrected chi connectivity index (χ0v) is 8.36. The fraction of sp³-hybridized carbons (Fsp3) is 0.429. The van der Waals surface area contributed by atoms with Gasteiger partial charge < -0.3 is 0 Å². The predicted octanol–water partition coefficient (Wildman–Crippen LogP) is 2.85. The first-order chi connectivity index (χ1) is 5.63. The largest absolute Gasteiger partial charge is 0.237 e. The van der Waals surface area contributed by atoms with Gasteiger partial charge in [-0.25, -0.2) is 14.4 Å². The lowest BCUT2D eigenvalue weighted by atomic mass is 10.2. The van der Waals surface area contributed by atoms with Crippen molar-refractivity contribution >= 4 is 27.5 Å². The summed E-state index contributed by atoms with van der Waals surface area (Å²) in [5.74, 6) is 0. The predicted molar refractivity (Wildman–Crippen MR) is 46.8 cm³/mol. The molecule has 5 heteroatoms. The molecule has 0 amide bonds. The van der Waals surface area contributed by atoms with Crippen molar-refractivity contribution in [2.24, 2.45) is 0 Å². The maximum Gasteiger partial charge on any atom is 0.154 e. The molecule has 1 saturated carbocycles. The van der Waals surface area contributed by atoms with E-state index in [1.165, 1.54) is 6.33 Å². The molecule has 1 heterocycles. The molecule has 12 heavy (non-hydrogen) atoms. The minimum Gasteiger partial charge on any atom is -0.237 e. The summed E-state index contributed by atoms with van der Waals surface area (Å²) in [4.78, 5) is 7.58. The van der Waals surface area contributed by atoms with Crippen molar-refractivity contribution in [3.63, 3.8) is 0 Å². The lowest BCUT2D eigenvalue weighted by Crippen LogP contribution is -2.03. The highest BCUT2D eigenvalue weighted by Crippen LogP contribution is 2.51. The molecule has 1 aromatic rings. The molecule has 0 aliphatic heterocycles. The van der Waals surface area contributed by atoms with Gasteiger partial charge in [-0.3, -0.25) is 0 Å². The topological polar surface area (TPSA) is 25.8 Å². The number of aromatic nitrogens is 2. The van der Waals surface area contributed by atoms with E-state index in [2.05, 4.69) is 25.9 Å². The van der Waals surface area contributed by atoms with E-state index in [4.69, 9.17) is 11.6 Å². The van der Waals surface area contributed by atoms with E-state index in [0.717, 1.165) is 0 Å². The Morgan fingerprint density at radius 1 is 1.50 bits per heavy atom. The third-order valence-electron chi connectivity index (χ3n) is 1.86. The highest BCUT2D eigenvalue weighted by Gasteiger charge is 2.48. The average molecular weight is 251 g/mol. The van der Waals surface area contributed by atoms with Gasteiger partial charge in [0.25, 0.3) is 0 Å². The summed E-state index contributed by atoms with van der Waals surface area (Å²) in [7, 11) is 0. The highest BCUT2D eigenvalue weighted by atomic mass is 79.9. The molecule has 64 valence electrons. The van der Waals surface area contributed by atoms with Gasteiger partial charge in [-0.1, -0.05) is 11.6 Å². The quantitative estimate of drug-likeness (QED) is 0.717. The highest BCUT2D eigenvalue weighted by molar-refractivity contribution is 9.10. The molecule has 0 N–H and O–H groups in total. The van der Waals surface area contributed by atoms with Crippen LogP contribution >= 0.6 is 27.5 Å². The Hall–Kier alpha value is -0.220. The van der Waals surface area contributed by atoms with Crippen molar-refractivity contribution < 1.29 is 4.39 Å². The Morgan fingerprint density at radius 3 is 2.75 bits per heavy atom. The van der Waals surface area contributed by atoms with Gasteiger partial charge in [0, 0.05) is 0 Å². The van der Waals surface area contributed by atoms with E-state index in [0.29, 0.717) is 23.0 Å². The van der Waals surface area contributed by atoms with Crippen LogP contribution in [0.5, 0.6) is 0 Å². The van der Waals surface area contributed by atoms with Crippen LogP contribution < -0.4 is 0 Å². The lowest BCUT2D eigenvalue weighted by molar-refractivity contribution is 0.307. The summed E-state index contributed by atoms with van der Waals surface area (Å²) in [6.45, 7) is 0. The van der Waals surface area contributed by atoms with Crippen LogP contribution in [0.15, 0.2) is 10.8 Å². The van der Waals surface area contributed by atoms with E-state index in [9.17, 15) is 4.39 Å². The molecule has 1 aliphatic carbocycles.